The Morgan fingerprint density at radius 1 is 1.71 bits per heavy atom. The third kappa shape index (κ3) is 1.67. The number of hydroxylamine groups is 2. The minimum absolute atomic E-state index is 0.0544. The van der Waals surface area contributed by atoms with Crippen molar-refractivity contribution in [1.82, 2.24) is 9.96 Å². The Kier molecular flexibility index (Phi) is 2.56. The van der Waals surface area contributed by atoms with Gasteiger partial charge in [-0.25, -0.2) is 0 Å². The summed E-state index contributed by atoms with van der Waals surface area (Å²) in [6.07, 6.45) is 3.38. The number of fused-ring (bicyclic) bond motifs is 2. The fourth-order valence-electron chi connectivity index (χ4n) is 2.28. The Morgan fingerprint density at radius 2 is 2.50 bits per heavy atom. The second-order valence-electron chi connectivity index (χ2n) is 3.94. The molecule has 0 saturated carbocycles. The fraction of sp³-hybridized carbons (Fsp3) is 0.700. The molecule has 0 aromatic heterocycles. The van der Waals surface area contributed by atoms with Crippen LogP contribution in [0.15, 0.2) is 11.8 Å². The largest absolute Gasteiger partial charge is 0.297 e. The van der Waals surface area contributed by atoms with Gasteiger partial charge in [-0.15, -0.1) is 0 Å². The van der Waals surface area contributed by atoms with E-state index in [1.807, 2.05) is 0 Å². The molecule has 2 heterocycles. The lowest BCUT2D eigenvalue weighted by Crippen LogP contribution is -2.36. The van der Waals surface area contributed by atoms with Gasteiger partial charge in [0.1, 0.15) is 0 Å². The van der Waals surface area contributed by atoms with Crippen LogP contribution in [0.5, 0.6) is 0 Å². The van der Waals surface area contributed by atoms with E-state index in [-0.39, 0.29) is 5.91 Å². The molecule has 4 nitrogen and oxygen atoms in total. The first-order valence-electron chi connectivity index (χ1n) is 4.98. The van der Waals surface area contributed by atoms with E-state index in [1.54, 1.807) is 0 Å². The van der Waals surface area contributed by atoms with E-state index in [0.717, 1.165) is 25.3 Å². The van der Waals surface area contributed by atoms with Crippen molar-refractivity contribution in [3.63, 3.8) is 0 Å². The van der Waals surface area contributed by atoms with Crippen LogP contribution in [0, 0.1) is 5.92 Å². The molecule has 2 atom stereocenters. The van der Waals surface area contributed by atoms with E-state index in [4.69, 9.17) is 4.84 Å². The number of amides is 1. The maximum absolute atomic E-state index is 11.2. The van der Waals surface area contributed by atoms with Crippen molar-refractivity contribution in [2.24, 2.45) is 5.92 Å². The predicted molar refractivity (Wildman–Crippen MR) is 52.2 cm³/mol. The van der Waals surface area contributed by atoms with E-state index in [0.29, 0.717) is 5.92 Å². The van der Waals surface area contributed by atoms with Gasteiger partial charge in [0.25, 0.3) is 0 Å². The van der Waals surface area contributed by atoms with Crippen molar-refractivity contribution >= 4 is 5.91 Å². The van der Waals surface area contributed by atoms with Gasteiger partial charge in [0.15, 0.2) is 0 Å². The summed E-state index contributed by atoms with van der Waals surface area (Å²) in [7, 11) is 1.54. The van der Waals surface area contributed by atoms with E-state index in [1.165, 1.54) is 25.5 Å². The number of hydrogen-bond acceptors (Lipinski definition) is 3. The summed E-state index contributed by atoms with van der Waals surface area (Å²) in [4.78, 5) is 18.7. The van der Waals surface area contributed by atoms with Crippen LogP contribution in [0.25, 0.3) is 0 Å². The summed E-state index contributed by atoms with van der Waals surface area (Å²) < 4.78 is 0. The van der Waals surface area contributed by atoms with Crippen molar-refractivity contribution in [1.29, 1.82) is 0 Å². The standard InChI is InChI=1S/C10H16N2O2/c1-8(13)12(14-2)10-5-9-3-4-11(6-9)7-10/h5,9H,3-4,6-7H2,1-2H3. The van der Waals surface area contributed by atoms with Crippen LogP contribution >= 0.6 is 0 Å². The maximum Gasteiger partial charge on any atom is 0.247 e. The van der Waals surface area contributed by atoms with Crippen LogP contribution < -0.4 is 0 Å². The average molecular weight is 196 g/mol. The monoisotopic (exact) mass is 196 g/mol. The highest BCUT2D eigenvalue weighted by atomic mass is 16.7. The zero-order chi connectivity index (χ0) is 10.1. The summed E-state index contributed by atoms with van der Waals surface area (Å²) >= 11 is 0. The first-order chi connectivity index (χ1) is 6.70. The van der Waals surface area contributed by atoms with Gasteiger partial charge in [-0.05, 0) is 18.9 Å². The molecule has 0 N–H and O–H groups in total. The molecule has 1 amide bonds. The summed E-state index contributed by atoms with van der Waals surface area (Å²) in [5.41, 5.74) is 0.994. The summed E-state index contributed by atoms with van der Waals surface area (Å²) in [6, 6.07) is 0. The Balaban J connectivity index is 2.14. The van der Waals surface area contributed by atoms with Gasteiger partial charge >= 0.3 is 0 Å². The number of hydrogen-bond donors (Lipinski definition) is 0. The second-order valence-corrected chi connectivity index (χ2v) is 3.94. The Labute approximate surface area is 84.1 Å². The van der Waals surface area contributed by atoms with Gasteiger partial charge in [0.2, 0.25) is 5.91 Å². The third-order valence-corrected chi connectivity index (χ3v) is 2.85. The fourth-order valence-corrected chi connectivity index (χ4v) is 2.28. The first kappa shape index (κ1) is 9.68. The molecule has 1 saturated heterocycles. The quantitative estimate of drug-likeness (QED) is 0.607. The Morgan fingerprint density at radius 3 is 3.07 bits per heavy atom. The highest BCUT2D eigenvalue weighted by molar-refractivity contribution is 5.74. The van der Waals surface area contributed by atoms with E-state index >= 15 is 0 Å². The number of rotatable bonds is 2. The maximum atomic E-state index is 11.2. The molecule has 2 aliphatic heterocycles. The zero-order valence-corrected chi connectivity index (χ0v) is 8.69. The predicted octanol–water partition coefficient (Wildman–Crippen LogP) is 0.616. The lowest BCUT2D eigenvalue weighted by atomic mass is 10.1. The second kappa shape index (κ2) is 3.71. The van der Waals surface area contributed by atoms with Gasteiger partial charge in [0.05, 0.1) is 12.8 Å². The first-order valence-corrected chi connectivity index (χ1v) is 4.98. The number of carbonyl (C=O) groups excluding carboxylic acids is 1. The van der Waals surface area contributed by atoms with Crippen LogP contribution in [-0.4, -0.2) is 42.6 Å². The molecular formula is C10H16N2O2. The lowest BCUT2D eigenvalue weighted by molar-refractivity contribution is -0.164. The molecule has 2 aliphatic rings. The summed E-state index contributed by atoms with van der Waals surface area (Å²) in [5.74, 6) is 0.553. The van der Waals surface area contributed by atoms with E-state index < -0.39 is 0 Å². The van der Waals surface area contributed by atoms with E-state index in [9.17, 15) is 4.79 Å². The van der Waals surface area contributed by atoms with E-state index in [2.05, 4.69) is 11.0 Å². The molecule has 2 rings (SSSR count). The molecule has 4 heteroatoms. The summed E-state index contributed by atoms with van der Waals surface area (Å²) in [6.45, 7) is 4.64. The van der Waals surface area contributed by atoms with Crippen LogP contribution in [0.1, 0.15) is 13.3 Å². The smallest absolute Gasteiger partial charge is 0.247 e. The number of carbonyl (C=O) groups is 1. The minimum atomic E-state index is -0.0544. The van der Waals surface area contributed by atoms with Crippen molar-refractivity contribution in [2.75, 3.05) is 26.7 Å². The lowest BCUT2D eigenvalue weighted by Gasteiger charge is -2.28. The Bertz CT molecular complexity index is 275. The SMILES string of the molecule is CON(C(C)=O)C1=CC2CCN(C1)C2. The normalized spacial score (nSPS) is 30.0. The molecular weight excluding hydrogens is 180 g/mol. The van der Waals surface area contributed by atoms with Crippen LogP contribution in [-0.2, 0) is 9.63 Å². The van der Waals surface area contributed by atoms with Crippen LogP contribution in [0.2, 0.25) is 0 Å². The summed E-state index contributed by atoms with van der Waals surface area (Å²) in [5, 5.41) is 1.39. The van der Waals surface area contributed by atoms with Crippen LogP contribution in [0.3, 0.4) is 0 Å². The van der Waals surface area contributed by atoms with Gasteiger partial charge in [-0.1, -0.05) is 6.08 Å². The van der Waals surface area contributed by atoms with Gasteiger partial charge in [-0.3, -0.25) is 14.5 Å². The molecule has 0 radical (unpaired) electrons. The van der Waals surface area contributed by atoms with Crippen molar-refractivity contribution < 1.29 is 9.63 Å². The highest BCUT2D eigenvalue weighted by Gasteiger charge is 2.29. The molecule has 14 heavy (non-hydrogen) atoms. The molecule has 78 valence electrons. The average Bonchev–Trinajstić information content (AvgIpc) is 2.46. The van der Waals surface area contributed by atoms with Gasteiger partial charge in [-0.2, -0.15) is 5.06 Å². The molecule has 0 aromatic rings. The Hall–Kier alpha value is -0.870. The molecule has 2 unspecified atom stereocenters. The number of nitrogens with zero attached hydrogens (tertiary/aromatic N) is 2. The van der Waals surface area contributed by atoms with Crippen molar-refractivity contribution in [3.05, 3.63) is 11.8 Å². The molecule has 0 aromatic carbocycles. The van der Waals surface area contributed by atoms with Crippen LogP contribution in [0.4, 0.5) is 0 Å². The minimum Gasteiger partial charge on any atom is -0.297 e. The molecule has 2 bridgehead atoms. The molecule has 1 fully saturated rings. The molecule has 0 spiro atoms. The topological polar surface area (TPSA) is 32.8 Å². The van der Waals surface area contributed by atoms with Crippen molar-refractivity contribution in [2.45, 2.75) is 13.3 Å². The highest BCUT2D eigenvalue weighted by Crippen LogP contribution is 2.26. The molecule has 0 aliphatic carbocycles. The zero-order valence-electron chi connectivity index (χ0n) is 8.69. The van der Waals surface area contributed by atoms with Crippen molar-refractivity contribution in [3.8, 4) is 0 Å². The third-order valence-electron chi connectivity index (χ3n) is 2.85. The van der Waals surface area contributed by atoms with Gasteiger partial charge in [0, 0.05) is 20.0 Å². The van der Waals surface area contributed by atoms with Gasteiger partial charge < -0.3 is 0 Å².